The highest BCUT2D eigenvalue weighted by Crippen LogP contribution is 2.29. The normalized spacial score (nSPS) is 14.8. The Kier molecular flexibility index (Phi) is 7.85. The van der Waals surface area contributed by atoms with Crippen molar-refractivity contribution in [1.82, 2.24) is 5.32 Å². The summed E-state index contributed by atoms with van der Waals surface area (Å²) in [5.41, 5.74) is 2.31. The molecule has 1 aliphatic rings. The van der Waals surface area contributed by atoms with Gasteiger partial charge in [0.25, 0.3) is 0 Å². The van der Waals surface area contributed by atoms with E-state index in [1.807, 2.05) is 0 Å². The number of esters is 1. The lowest BCUT2D eigenvalue weighted by atomic mass is 9.80. The van der Waals surface area contributed by atoms with E-state index in [0.717, 1.165) is 0 Å². The summed E-state index contributed by atoms with van der Waals surface area (Å²) in [4.78, 5) is 36.9. The average Bonchev–Trinajstić information content (AvgIpc) is 3.26. The summed E-state index contributed by atoms with van der Waals surface area (Å²) >= 11 is 0. The average molecular weight is 506 g/mol. The van der Waals surface area contributed by atoms with Gasteiger partial charge in [0.1, 0.15) is 18.5 Å². The van der Waals surface area contributed by atoms with Crippen molar-refractivity contribution in [3.05, 3.63) is 83.7 Å². The minimum absolute atomic E-state index is 0.0246. The zero-order valence-corrected chi connectivity index (χ0v) is 19.9. The minimum Gasteiger partial charge on any atom is -0.457 e. The van der Waals surface area contributed by atoms with Crippen molar-refractivity contribution in [2.45, 2.75) is 19.6 Å². The third-order valence-electron chi connectivity index (χ3n) is 5.77. The number of hydrogen-bond acceptors (Lipinski definition) is 7. The minimum atomic E-state index is -1.69. The van der Waals surface area contributed by atoms with Crippen molar-refractivity contribution < 1.29 is 38.3 Å². The monoisotopic (exact) mass is 506 g/mol. The molecule has 0 radical (unpaired) electrons. The summed E-state index contributed by atoms with van der Waals surface area (Å²) in [6, 6.07) is 17.1. The van der Waals surface area contributed by atoms with Crippen molar-refractivity contribution in [1.29, 1.82) is 0 Å². The van der Waals surface area contributed by atoms with Gasteiger partial charge >= 0.3 is 19.2 Å². The van der Waals surface area contributed by atoms with Crippen LogP contribution in [-0.2, 0) is 20.9 Å². The predicted octanol–water partition coefficient (Wildman–Crippen LogP) is 1.99. The molecular formula is C26H24BFN2O7. The van der Waals surface area contributed by atoms with Gasteiger partial charge in [-0.3, -0.25) is 9.69 Å². The first-order valence-corrected chi connectivity index (χ1v) is 11.5. The van der Waals surface area contributed by atoms with Crippen LogP contribution in [0.5, 0.6) is 0 Å². The summed E-state index contributed by atoms with van der Waals surface area (Å²) in [7, 11) is -1.69. The first-order valence-electron chi connectivity index (χ1n) is 11.5. The van der Waals surface area contributed by atoms with Crippen LogP contribution < -0.4 is 15.7 Å². The van der Waals surface area contributed by atoms with Gasteiger partial charge in [0.2, 0.25) is 5.91 Å². The summed E-state index contributed by atoms with van der Waals surface area (Å²) in [5.74, 6) is -1.38. The number of ether oxygens (including phenoxy) is 2. The molecule has 0 unspecified atom stereocenters. The molecule has 1 heterocycles. The van der Waals surface area contributed by atoms with Crippen molar-refractivity contribution in [3.63, 3.8) is 0 Å². The number of benzene rings is 3. The molecular weight excluding hydrogens is 482 g/mol. The van der Waals surface area contributed by atoms with Crippen LogP contribution in [0.3, 0.4) is 0 Å². The molecule has 190 valence electrons. The van der Waals surface area contributed by atoms with E-state index in [1.54, 1.807) is 36.4 Å². The number of carbonyl (C=O) groups excluding carboxylic acids is 3. The van der Waals surface area contributed by atoms with Gasteiger partial charge in [-0.2, -0.15) is 0 Å². The van der Waals surface area contributed by atoms with Gasteiger partial charge in [0.05, 0.1) is 24.3 Å². The molecule has 1 aliphatic heterocycles. The molecule has 4 rings (SSSR count). The van der Waals surface area contributed by atoms with E-state index in [9.17, 15) is 28.8 Å². The van der Waals surface area contributed by atoms with Crippen molar-refractivity contribution >= 4 is 36.2 Å². The van der Waals surface area contributed by atoms with Gasteiger partial charge < -0.3 is 24.8 Å². The lowest BCUT2D eigenvalue weighted by Crippen LogP contribution is -2.33. The van der Waals surface area contributed by atoms with Crippen LogP contribution >= 0.6 is 0 Å². The van der Waals surface area contributed by atoms with Gasteiger partial charge in [0, 0.05) is 12.5 Å². The maximum absolute atomic E-state index is 15.0. The lowest BCUT2D eigenvalue weighted by molar-refractivity contribution is -0.119. The number of anilines is 1. The van der Waals surface area contributed by atoms with E-state index in [4.69, 9.17) is 9.47 Å². The zero-order valence-electron chi connectivity index (χ0n) is 19.9. The Hall–Kier alpha value is -4.22. The number of carbonyl (C=O) groups is 3. The SMILES string of the molecule is CC(=O)NC[C@H]1CN(c2ccc(-c3ccc(COC(=O)c4cccc(B(O)O)c4)cc3)c(F)c2)C(=O)O1. The molecule has 0 aromatic heterocycles. The second kappa shape index (κ2) is 11.2. The third-order valence-corrected chi connectivity index (χ3v) is 5.77. The second-order valence-electron chi connectivity index (χ2n) is 8.49. The molecule has 9 nitrogen and oxygen atoms in total. The molecule has 3 N–H and O–H groups in total. The number of nitrogens with zero attached hydrogens (tertiary/aromatic N) is 1. The standard InChI is InChI=1S/C26H24BFN2O7/c1-16(31)29-13-22-14-30(26(33)37-22)21-9-10-23(24(28)12-21)18-7-5-17(6-8-18)15-36-25(32)19-3-2-4-20(11-19)27(34)35/h2-12,22,34-35H,13-15H2,1H3,(H,29,31)/t22-/m0/s1. The fourth-order valence-corrected chi connectivity index (χ4v) is 3.84. The summed E-state index contributed by atoms with van der Waals surface area (Å²) in [6.45, 7) is 1.71. The zero-order chi connectivity index (χ0) is 26.5. The number of cyclic esters (lactones) is 1. The van der Waals surface area contributed by atoms with E-state index in [2.05, 4.69) is 5.32 Å². The molecule has 0 saturated carbocycles. The Morgan fingerprint density at radius 2 is 1.89 bits per heavy atom. The van der Waals surface area contributed by atoms with Crippen LogP contribution in [-0.4, -0.2) is 54.3 Å². The number of rotatable bonds is 8. The van der Waals surface area contributed by atoms with Gasteiger partial charge in [-0.1, -0.05) is 36.4 Å². The molecule has 1 fully saturated rings. The molecule has 0 bridgehead atoms. The molecule has 0 aliphatic carbocycles. The van der Waals surface area contributed by atoms with Crippen LogP contribution in [0, 0.1) is 5.82 Å². The van der Waals surface area contributed by atoms with Crippen LogP contribution in [0.2, 0.25) is 0 Å². The highest BCUT2D eigenvalue weighted by atomic mass is 19.1. The van der Waals surface area contributed by atoms with E-state index >= 15 is 0 Å². The first-order chi connectivity index (χ1) is 17.7. The molecule has 2 amide bonds. The third kappa shape index (κ3) is 6.32. The second-order valence-corrected chi connectivity index (χ2v) is 8.49. The Bertz CT molecular complexity index is 1320. The van der Waals surface area contributed by atoms with Crippen LogP contribution in [0.4, 0.5) is 14.9 Å². The Balaban J connectivity index is 1.38. The maximum Gasteiger partial charge on any atom is 0.488 e. The first kappa shape index (κ1) is 25.9. The quantitative estimate of drug-likeness (QED) is 0.315. The number of amides is 2. The molecule has 11 heteroatoms. The Morgan fingerprint density at radius 1 is 1.14 bits per heavy atom. The van der Waals surface area contributed by atoms with Gasteiger partial charge in [-0.05, 0) is 46.9 Å². The van der Waals surface area contributed by atoms with Crippen LogP contribution in [0.15, 0.2) is 66.7 Å². The fraction of sp³-hybridized carbons (Fsp3) is 0.192. The highest BCUT2D eigenvalue weighted by Gasteiger charge is 2.32. The van der Waals surface area contributed by atoms with Crippen LogP contribution in [0.1, 0.15) is 22.8 Å². The molecule has 3 aromatic rings. The van der Waals surface area contributed by atoms with Gasteiger partial charge in [-0.15, -0.1) is 0 Å². The Labute approximate surface area is 212 Å². The van der Waals surface area contributed by atoms with Gasteiger partial charge in [0.15, 0.2) is 0 Å². The maximum atomic E-state index is 15.0. The van der Waals surface area contributed by atoms with Crippen LogP contribution in [0.25, 0.3) is 11.1 Å². The molecule has 0 spiro atoms. The Morgan fingerprint density at radius 3 is 2.57 bits per heavy atom. The molecule has 37 heavy (non-hydrogen) atoms. The van der Waals surface area contributed by atoms with E-state index < -0.39 is 31.1 Å². The number of nitrogens with one attached hydrogen (secondary N) is 1. The largest absolute Gasteiger partial charge is 0.488 e. The van der Waals surface area contributed by atoms with E-state index in [-0.39, 0.29) is 36.6 Å². The number of halogens is 1. The summed E-state index contributed by atoms with van der Waals surface area (Å²) in [6.07, 6.45) is -1.13. The number of hydrogen-bond donors (Lipinski definition) is 3. The smallest absolute Gasteiger partial charge is 0.457 e. The lowest BCUT2D eigenvalue weighted by Gasteiger charge is -2.15. The van der Waals surface area contributed by atoms with Crippen molar-refractivity contribution in [3.8, 4) is 11.1 Å². The van der Waals surface area contributed by atoms with Crippen molar-refractivity contribution in [2.75, 3.05) is 18.0 Å². The van der Waals surface area contributed by atoms with Gasteiger partial charge in [-0.25, -0.2) is 14.0 Å². The van der Waals surface area contributed by atoms with Crippen molar-refractivity contribution in [2.24, 2.45) is 0 Å². The highest BCUT2D eigenvalue weighted by molar-refractivity contribution is 6.58. The summed E-state index contributed by atoms with van der Waals surface area (Å²) in [5, 5.41) is 21.1. The fourth-order valence-electron chi connectivity index (χ4n) is 3.84. The molecule has 1 atom stereocenters. The summed E-state index contributed by atoms with van der Waals surface area (Å²) < 4.78 is 25.5. The van der Waals surface area contributed by atoms with E-state index in [0.29, 0.717) is 22.4 Å². The molecule has 3 aromatic carbocycles. The molecule has 1 saturated heterocycles. The topological polar surface area (TPSA) is 125 Å². The van der Waals surface area contributed by atoms with E-state index in [1.165, 1.54) is 42.2 Å². The predicted molar refractivity (Wildman–Crippen MR) is 134 cm³/mol.